The first-order valence-corrected chi connectivity index (χ1v) is 8.43. The summed E-state index contributed by atoms with van der Waals surface area (Å²) in [4.78, 5) is 40.7. The van der Waals surface area contributed by atoms with Gasteiger partial charge in [-0.25, -0.2) is 0 Å². The fourth-order valence-electron chi connectivity index (χ4n) is 3.41. The third kappa shape index (κ3) is 2.70. The largest absolute Gasteiger partial charge is 0.467 e. The van der Waals surface area contributed by atoms with Crippen LogP contribution in [0.25, 0.3) is 0 Å². The standard InChI is InChI=1S/C19H18N2O5/c1-25-13-6-7-20(10-13)17(22)12-4-5-15-16(9-12)19(24)21(18(15)23)11-14-3-2-8-26-14/h2-5,8-9,13H,6-7,10-11H2,1H3. The first-order chi connectivity index (χ1) is 12.6. The molecule has 1 fully saturated rings. The second-order valence-corrected chi connectivity index (χ2v) is 6.43. The summed E-state index contributed by atoms with van der Waals surface area (Å²) in [6.07, 6.45) is 2.33. The molecule has 1 aromatic carbocycles. The molecular weight excluding hydrogens is 336 g/mol. The second-order valence-electron chi connectivity index (χ2n) is 6.43. The van der Waals surface area contributed by atoms with Gasteiger partial charge < -0.3 is 14.1 Å². The Morgan fingerprint density at radius 2 is 2.04 bits per heavy atom. The summed E-state index contributed by atoms with van der Waals surface area (Å²) in [7, 11) is 1.63. The van der Waals surface area contributed by atoms with Gasteiger partial charge in [0.05, 0.1) is 30.0 Å². The molecule has 2 aliphatic rings. The van der Waals surface area contributed by atoms with Crippen LogP contribution in [-0.4, -0.2) is 53.8 Å². The van der Waals surface area contributed by atoms with Crippen molar-refractivity contribution >= 4 is 17.7 Å². The zero-order valence-electron chi connectivity index (χ0n) is 14.3. The molecule has 7 nitrogen and oxygen atoms in total. The molecule has 0 N–H and O–H groups in total. The van der Waals surface area contributed by atoms with Crippen molar-refractivity contribution in [3.05, 3.63) is 59.0 Å². The number of fused-ring (bicyclic) bond motifs is 1. The number of imide groups is 1. The SMILES string of the molecule is COC1CCN(C(=O)c2ccc3c(c2)C(=O)N(Cc2ccco2)C3=O)C1. The zero-order valence-corrected chi connectivity index (χ0v) is 14.3. The molecule has 1 aromatic heterocycles. The average Bonchev–Trinajstić information content (AvgIpc) is 3.39. The number of hydrogen-bond acceptors (Lipinski definition) is 5. The van der Waals surface area contributed by atoms with Gasteiger partial charge in [0.25, 0.3) is 17.7 Å². The number of carbonyl (C=O) groups is 3. The molecule has 0 spiro atoms. The van der Waals surface area contributed by atoms with Gasteiger partial charge in [-0.2, -0.15) is 0 Å². The smallest absolute Gasteiger partial charge is 0.261 e. The van der Waals surface area contributed by atoms with E-state index in [0.717, 1.165) is 11.3 Å². The van der Waals surface area contributed by atoms with Crippen molar-refractivity contribution in [3.8, 4) is 0 Å². The Balaban J connectivity index is 1.57. The predicted octanol–water partition coefficient (Wildman–Crippen LogP) is 1.94. The molecule has 26 heavy (non-hydrogen) atoms. The topological polar surface area (TPSA) is 80.1 Å². The normalized spacial score (nSPS) is 19.3. The lowest BCUT2D eigenvalue weighted by Gasteiger charge is -2.16. The maximum absolute atomic E-state index is 12.7. The summed E-state index contributed by atoms with van der Waals surface area (Å²) in [5, 5.41) is 0. The van der Waals surface area contributed by atoms with E-state index in [1.807, 2.05) is 0 Å². The summed E-state index contributed by atoms with van der Waals surface area (Å²) >= 11 is 0. The van der Waals surface area contributed by atoms with Gasteiger partial charge in [-0.3, -0.25) is 19.3 Å². The molecule has 0 aliphatic carbocycles. The third-order valence-corrected chi connectivity index (χ3v) is 4.88. The number of rotatable bonds is 4. The van der Waals surface area contributed by atoms with Crippen LogP contribution in [0.1, 0.15) is 43.3 Å². The highest BCUT2D eigenvalue weighted by Crippen LogP contribution is 2.27. The van der Waals surface area contributed by atoms with Crippen molar-refractivity contribution in [3.63, 3.8) is 0 Å². The fourth-order valence-corrected chi connectivity index (χ4v) is 3.41. The van der Waals surface area contributed by atoms with Crippen molar-refractivity contribution in [1.29, 1.82) is 0 Å². The lowest BCUT2D eigenvalue weighted by Crippen LogP contribution is -2.30. The highest BCUT2D eigenvalue weighted by Gasteiger charge is 2.37. The van der Waals surface area contributed by atoms with E-state index in [1.165, 1.54) is 12.3 Å². The van der Waals surface area contributed by atoms with Crippen LogP contribution in [0.3, 0.4) is 0 Å². The molecule has 7 heteroatoms. The number of methoxy groups -OCH3 is 1. The molecule has 1 unspecified atom stereocenters. The van der Waals surface area contributed by atoms with E-state index < -0.39 is 5.91 Å². The fraction of sp³-hybridized carbons (Fsp3) is 0.316. The lowest BCUT2D eigenvalue weighted by atomic mass is 10.0. The second kappa shape index (κ2) is 6.42. The van der Waals surface area contributed by atoms with Crippen molar-refractivity contribution in [2.75, 3.05) is 20.2 Å². The number of amides is 3. The molecule has 134 valence electrons. The van der Waals surface area contributed by atoms with Crippen LogP contribution in [0, 0.1) is 0 Å². The first-order valence-electron chi connectivity index (χ1n) is 8.43. The van der Waals surface area contributed by atoms with Gasteiger partial charge in [-0.15, -0.1) is 0 Å². The Morgan fingerprint density at radius 1 is 1.23 bits per heavy atom. The number of hydrogen-bond donors (Lipinski definition) is 0. The lowest BCUT2D eigenvalue weighted by molar-refractivity contribution is 0.0631. The van der Waals surface area contributed by atoms with Crippen molar-refractivity contribution in [2.24, 2.45) is 0 Å². The van der Waals surface area contributed by atoms with Crippen molar-refractivity contribution in [2.45, 2.75) is 19.1 Å². The quantitative estimate of drug-likeness (QED) is 0.784. The minimum atomic E-state index is -0.410. The van der Waals surface area contributed by atoms with Crippen LogP contribution < -0.4 is 0 Å². The van der Waals surface area contributed by atoms with E-state index in [1.54, 1.807) is 36.3 Å². The summed E-state index contributed by atoms with van der Waals surface area (Å²) < 4.78 is 10.5. The number of carbonyl (C=O) groups excluding carboxylic acids is 3. The van der Waals surface area contributed by atoms with Gasteiger partial charge in [0, 0.05) is 25.8 Å². The van der Waals surface area contributed by atoms with Crippen LogP contribution in [0.5, 0.6) is 0 Å². The molecule has 3 heterocycles. The first kappa shape index (κ1) is 16.5. The average molecular weight is 354 g/mol. The third-order valence-electron chi connectivity index (χ3n) is 4.88. The minimum absolute atomic E-state index is 0.0420. The summed E-state index contributed by atoms with van der Waals surface area (Å²) in [5.41, 5.74) is 0.977. The van der Waals surface area contributed by atoms with Crippen molar-refractivity contribution in [1.82, 2.24) is 9.80 Å². The number of benzene rings is 1. The maximum Gasteiger partial charge on any atom is 0.261 e. The van der Waals surface area contributed by atoms with Gasteiger partial charge in [0.2, 0.25) is 0 Å². The summed E-state index contributed by atoms with van der Waals surface area (Å²) in [5.74, 6) is -0.413. The van der Waals surface area contributed by atoms with E-state index in [2.05, 4.69) is 0 Å². The van der Waals surface area contributed by atoms with Crippen LogP contribution in [0.2, 0.25) is 0 Å². The van der Waals surface area contributed by atoms with E-state index >= 15 is 0 Å². The van der Waals surface area contributed by atoms with Gasteiger partial charge >= 0.3 is 0 Å². The van der Waals surface area contributed by atoms with Gasteiger partial charge in [0.1, 0.15) is 5.76 Å². The summed E-state index contributed by atoms with van der Waals surface area (Å²) in [6.45, 7) is 1.22. The Kier molecular flexibility index (Phi) is 4.08. The Bertz CT molecular complexity index is 874. The Labute approximate surface area is 150 Å². The van der Waals surface area contributed by atoms with Gasteiger partial charge in [-0.05, 0) is 36.8 Å². The Morgan fingerprint density at radius 3 is 2.73 bits per heavy atom. The summed E-state index contributed by atoms with van der Waals surface area (Å²) in [6, 6.07) is 8.07. The minimum Gasteiger partial charge on any atom is -0.467 e. The highest BCUT2D eigenvalue weighted by atomic mass is 16.5. The Hall–Kier alpha value is -2.93. The molecule has 0 bridgehead atoms. The molecule has 2 aromatic rings. The monoisotopic (exact) mass is 354 g/mol. The molecule has 3 amide bonds. The van der Waals surface area contributed by atoms with Crippen LogP contribution in [0.4, 0.5) is 0 Å². The molecule has 1 atom stereocenters. The van der Waals surface area contributed by atoms with E-state index in [9.17, 15) is 14.4 Å². The molecule has 0 saturated carbocycles. The molecule has 1 saturated heterocycles. The highest BCUT2D eigenvalue weighted by molar-refractivity contribution is 6.22. The van der Waals surface area contributed by atoms with E-state index in [-0.39, 0.29) is 30.0 Å². The van der Waals surface area contributed by atoms with Crippen LogP contribution in [-0.2, 0) is 11.3 Å². The number of nitrogens with zero attached hydrogens (tertiary/aromatic N) is 2. The predicted molar refractivity (Wildman–Crippen MR) is 90.7 cm³/mol. The van der Waals surface area contributed by atoms with Gasteiger partial charge in [0.15, 0.2) is 0 Å². The number of ether oxygens (including phenoxy) is 1. The van der Waals surface area contributed by atoms with Crippen LogP contribution in [0.15, 0.2) is 41.0 Å². The molecule has 0 radical (unpaired) electrons. The number of likely N-dealkylation sites (tertiary alicyclic amines) is 1. The molecule has 4 rings (SSSR count). The maximum atomic E-state index is 12.7. The zero-order chi connectivity index (χ0) is 18.3. The number of furan rings is 1. The molecule has 2 aliphatic heterocycles. The van der Waals surface area contributed by atoms with Gasteiger partial charge in [-0.1, -0.05) is 0 Å². The van der Waals surface area contributed by atoms with E-state index in [0.29, 0.717) is 30.0 Å². The molecular formula is C19H18N2O5. The van der Waals surface area contributed by atoms with E-state index in [4.69, 9.17) is 9.15 Å². The van der Waals surface area contributed by atoms with Crippen molar-refractivity contribution < 1.29 is 23.5 Å². The van der Waals surface area contributed by atoms with Crippen LogP contribution >= 0.6 is 0 Å².